The highest BCUT2D eigenvalue weighted by atomic mass is 15.2. The molecule has 0 radical (unpaired) electrons. The van der Waals surface area contributed by atoms with Crippen molar-refractivity contribution in [3.05, 3.63) is 0 Å². The van der Waals surface area contributed by atoms with E-state index < -0.39 is 0 Å². The van der Waals surface area contributed by atoms with Crippen molar-refractivity contribution in [2.75, 3.05) is 52.9 Å². The third-order valence-electron chi connectivity index (χ3n) is 3.56. The zero-order valence-corrected chi connectivity index (χ0v) is 12.7. The smallest absolute Gasteiger partial charge is 0.188 e. The predicted octanol–water partition coefficient (Wildman–Crippen LogP) is 0.718. The Balaban J connectivity index is 2.07. The van der Waals surface area contributed by atoms with Crippen molar-refractivity contribution in [3.63, 3.8) is 0 Å². The maximum Gasteiger partial charge on any atom is 0.188 e. The molecule has 112 valence electrons. The van der Waals surface area contributed by atoms with Crippen LogP contribution in [0.15, 0.2) is 4.99 Å². The van der Waals surface area contributed by atoms with Crippen molar-refractivity contribution in [1.29, 1.82) is 0 Å². The normalized spacial score (nSPS) is 19.4. The molecule has 5 heteroatoms. The molecule has 3 N–H and O–H groups in total. The Morgan fingerprint density at radius 1 is 1.21 bits per heavy atom. The Kier molecular flexibility index (Phi) is 8.58. The molecule has 1 saturated heterocycles. The summed E-state index contributed by atoms with van der Waals surface area (Å²) in [6.07, 6.45) is 4.71. The first-order valence-electron chi connectivity index (χ1n) is 7.67. The number of hydrogen-bond donors (Lipinski definition) is 2. The topological polar surface area (TPSA) is 56.9 Å². The molecule has 0 atom stereocenters. The summed E-state index contributed by atoms with van der Waals surface area (Å²) in [6, 6.07) is 0. The molecule has 0 aromatic rings. The van der Waals surface area contributed by atoms with Gasteiger partial charge in [0.1, 0.15) is 0 Å². The van der Waals surface area contributed by atoms with Gasteiger partial charge in [0.05, 0.1) is 0 Å². The van der Waals surface area contributed by atoms with Crippen molar-refractivity contribution in [1.82, 2.24) is 15.1 Å². The molecule has 5 nitrogen and oxygen atoms in total. The standard InChI is InChI=1S/C14H31N5/c1-3-4-7-16-14(15)17-8-5-10-19-11-6-9-18(2)12-13-19/h3-13H2,1-2H3,(H3,15,16,17). The van der Waals surface area contributed by atoms with Crippen molar-refractivity contribution >= 4 is 5.96 Å². The van der Waals surface area contributed by atoms with E-state index in [-0.39, 0.29) is 0 Å². The molecule has 1 heterocycles. The van der Waals surface area contributed by atoms with Gasteiger partial charge >= 0.3 is 0 Å². The van der Waals surface area contributed by atoms with Gasteiger partial charge in [-0.05, 0) is 45.9 Å². The molecule has 1 rings (SSSR count). The fourth-order valence-corrected chi connectivity index (χ4v) is 2.27. The Morgan fingerprint density at radius 2 is 2.05 bits per heavy atom. The SMILES string of the molecule is CCCCNC(N)=NCCCN1CCCN(C)CC1. The van der Waals surface area contributed by atoms with Crippen molar-refractivity contribution in [3.8, 4) is 0 Å². The number of guanidine groups is 1. The minimum atomic E-state index is 0.601. The highest BCUT2D eigenvalue weighted by molar-refractivity contribution is 5.77. The molecule has 0 aromatic heterocycles. The summed E-state index contributed by atoms with van der Waals surface area (Å²) >= 11 is 0. The second kappa shape index (κ2) is 10.0. The fourth-order valence-electron chi connectivity index (χ4n) is 2.27. The maximum absolute atomic E-state index is 5.80. The lowest BCUT2D eigenvalue weighted by Gasteiger charge is -2.19. The van der Waals surface area contributed by atoms with Crippen LogP contribution < -0.4 is 11.1 Å². The maximum atomic E-state index is 5.80. The van der Waals surface area contributed by atoms with Crippen LogP contribution in [0.2, 0.25) is 0 Å². The highest BCUT2D eigenvalue weighted by Gasteiger charge is 2.10. The van der Waals surface area contributed by atoms with Crippen LogP contribution in [-0.4, -0.2) is 68.6 Å². The summed E-state index contributed by atoms with van der Waals surface area (Å²) in [4.78, 5) is 9.32. The van der Waals surface area contributed by atoms with E-state index in [1.54, 1.807) is 0 Å². The van der Waals surface area contributed by atoms with E-state index in [1.165, 1.54) is 39.0 Å². The molecule has 0 aromatic carbocycles. The van der Waals surface area contributed by atoms with E-state index in [4.69, 9.17) is 5.73 Å². The Bertz CT molecular complexity index is 254. The summed E-state index contributed by atoms with van der Waals surface area (Å²) in [5, 5.41) is 3.15. The number of nitrogens with one attached hydrogen (secondary N) is 1. The van der Waals surface area contributed by atoms with Gasteiger partial charge in [0.25, 0.3) is 0 Å². The number of nitrogens with two attached hydrogens (primary N) is 1. The summed E-state index contributed by atoms with van der Waals surface area (Å²) in [5.41, 5.74) is 5.80. The lowest BCUT2D eigenvalue weighted by molar-refractivity contribution is 0.275. The quantitative estimate of drug-likeness (QED) is 0.406. The first-order valence-corrected chi connectivity index (χ1v) is 7.67. The number of likely N-dealkylation sites (N-methyl/N-ethyl adjacent to an activating group) is 1. The van der Waals surface area contributed by atoms with Crippen LogP contribution in [0.4, 0.5) is 0 Å². The molecular weight excluding hydrogens is 238 g/mol. The first kappa shape index (κ1) is 16.2. The van der Waals surface area contributed by atoms with E-state index in [0.717, 1.165) is 32.5 Å². The van der Waals surface area contributed by atoms with Gasteiger partial charge in [0.2, 0.25) is 0 Å². The Hall–Kier alpha value is -0.810. The van der Waals surface area contributed by atoms with E-state index in [2.05, 4.69) is 34.1 Å². The summed E-state index contributed by atoms with van der Waals surface area (Å²) in [6.45, 7) is 9.89. The van der Waals surface area contributed by atoms with Gasteiger partial charge in [-0.25, -0.2) is 0 Å². The summed E-state index contributed by atoms with van der Waals surface area (Å²) in [5.74, 6) is 0.601. The average Bonchev–Trinajstić information content (AvgIpc) is 2.60. The van der Waals surface area contributed by atoms with Gasteiger partial charge in [0.15, 0.2) is 5.96 Å². The molecule has 0 bridgehead atoms. The van der Waals surface area contributed by atoms with Crippen LogP contribution >= 0.6 is 0 Å². The molecule has 19 heavy (non-hydrogen) atoms. The van der Waals surface area contributed by atoms with Crippen LogP contribution in [-0.2, 0) is 0 Å². The van der Waals surface area contributed by atoms with Gasteiger partial charge in [-0.3, -0.25) is 4.99 Å². The molecule has 0 unspecified atom stereocenters. The number of hydrogen-bond acceptors (Lipinski definition) is 3. The molecule has 1 fully saturated rings. The third-order valence-corrected chi connectivity index (χ3v) is 3.56. The minimum Gasteiger partial charge on any atom is -0.370 e. The molecule has 0 spiro atoms. The highest BCUT2D eigenvalue weighted by Crippen LogP contribution is 2.01. The second-order valence-electron chi connectivity index (χ2n) is 5.40. The Labute approximate surface area is 118 Å². The van der Waals surface area contributed by atoms with Crippen LogP contribution in [0, 0.1) is 0 Å². The van der Waals surface area contributed by atoms with E-state index in [0.29, 0.717) is 5.96 Å². The largest absolute Gasteiger partial charge is 0.370 e. The van der Waals surface area contributed by atoms with Crippen molar-refractivity contribution in [2.45, 2.75) is 32.6 Å². The second-order valence-corrected chi connectivity index (χ2v) is 5.40. The van der Waals surface area contributed by atoms with Crippen molar-refractivity contribution < 1.29 is 0 Å². The zero-order chi connectivity index (χ0) is 13.9. The van der Waals surface area contributed by atoms with Gasteiger partial charge in [-0.2, -0.15) is 0 Å². The first-order chi connectivity index (χ1) is 9.22. The monoisotopic (exact) mass is 269 g/mol. The predicted molar refractivity (Wildman–Crippen MR) is 82.6 cm³/mol. The van der Waals surface area contributed by atoms with Crippen molar-refractivity contribution in [2.24, 2.45) is 10.7 Å². The van der Waals surface area contributed by atoms with Crippen LogP contribution in [0.3, 0.4) is 0 Å². The van der Waals surface area contributed by atoms with E-state index >= 15 is 0 Å². The molecule has 1 aliphatic heterocycles. The molecule has 0 saturated carbocycles. The lowest BCUT2D eigenvalue weighted by atomic mass is 10.3. The minimum absolute atomic E-state index is 0.601. The van der Waals surface area contributed by atoms with E-state index in [9.17, 15) is 0 Å². The fraction of sp³-hybridized carbons (Fsp3) is 0.929. The number of rotatable bonds is 7. The van der Waals surface area contributed by atoms with Crippen LogP contribution in [0.5, 0.6) is 0 Å². The number of unbranched alkanes of at least 4 members (excludes halogenated alkanes) is 1. The summed E-state index contributed by atoms with van der Waals surface area (Å²) in [7, 11) is 2.20. The van der Waals surface area contributed by atoms with Gasteiger partial charge in [0, 0.05) is 26.2 Å². The van der Waals surface area contributed by atoms with Gasteiger partial charge < -0.3 is 20.9 Å². The zero-order valence-electron chi connectivity index (χ0n) is 12.7. The third kappa shape index (κ3) is 8.06. The number of aliphatic imine (C=N–C) groups is 1. The van der Waals surface area contributed by atoms with Gasteiger partial charge in [-0.15, -0.1) is 0 Å². The van der Waals surface area contributed by atoms with Crippen LogP contribution in [0.1, 0.15) is 32.6 Å². The lowest BCUT2D eigenvalue weighted by Crippen LogP contribution is -2.33. The molecular formula is C14H31N5. The molecule has 1 aliphatic rings. The van der Waals surface area contributed by atoms with E-state index in [1.807, 2.05) is 0 Å². The summed E-state index contributed by atoms with van der Waals surface area (Å²) < 4.78 is 0. The molecule has 0 amide bonds. The molecule has 0 aliphatic carbocycles. The number of nitrogens with zero attached hydrogens (tertiary/aromatic N) is 3. The Morgan fingerprint density at radius 3 is 2.84 bits per heavy atom. The van der Waals surface area contributed by atoms with Crippen LogP contribution in [0.25, 0.3) is 0 Å². The van der Waals surface area contributed by atoms with Gasteiger partial charge in [-0.1, -0.05) is 13.3 Å². The average molecular weight is 269 g/mol.